The molecule has 2 N–H and O–H groups in total. The van der Waals surface area contributed by atoms with Crippen molar-refractivity contribution in [3.05, 3.63) is 70.0 Å². The van der Waals surface area contributed by atoms with Gasteiger partial charge in [-0.15, -0.1) is 0 Å². The van der Waals surface area contributed by atoms with Gasteiger partial charge in [-0.05, 0) is 59.3 Å². The highest BCUT2D eigenvalue weighted by Crippen LogP contribution is 2.25. The van der Waals surface area contributed by atoms with Crippen molar-refractivity contribution >= 4 is 44.3 Å². The standard InChI is InChI=1S/C23H26BrN5OS/c1-16-6-8-17(9-7-16)14-21-27-23(31-28-21)29-12-10-18(11-13-29)15-25-22(30)26-20-5-3-2-4-19(20)24/h2-9,18H,10-15H2,1H3,(H2,25,26,30). The fourth-order valence-electron chi connectivity index (χ4n) is 3.63. The van der Waals surface area contributed by atoms with Crippen LogP contribution in [0, 0.1) is 12.8 Å². The molecule has 1 aromatic heterocycles. The average Bonchev–Trinajstić information content (AvgIpc) is 3.24. The second-order valence-electron chi connectivity index (χ2n) is 7.90. The number of piperidine rings is 1. The Morgan fingerprint density at radius 2 is 1.90 bits per heavy atom. The number of amides is 2. The third-order valence-electron chi connectivity index (χ3n) is 5.50. The minimum Gasteiger partial charge on any atom is -0.347 e. The molecule has 0 aliphatic carbocycles. The van der Waals surface area contributed by atoms with Crippen LogP contribution in [0.3, 0.4) is 0 Å². The van der Waals surface area contributed by atoms with Crippen LogP contribution < -0.4 is 15.5 Å². The molecule has 0 bridgehead atoms. The molecule has 0 atom stereocenters. The molecule has 1 aliphatic rings. The van der Waals surface area contributed by atoms with Crippen LogP contribution in [0.4, 0.5) is 15.6 Å². The van der Waals surface area contributed by atoms with Crippen LogP contribution in [0.2, 0.25) is 0 Å². The molecule has 1 aliphatic heterocycles. The first-order valence-electron chi connectivity index (χ1n) is 10.5. The molecule has 1 fully saturated rings. The van der Waals surface area contributed by atoms with E-state index in [1.54, 1.807) is 0 Å². The first-order valence-corrected chi connectivity index (χ1v) is 12.1. The molecular formula is C23H26BrN5OS. The Labute approximate surface area is 195 Å². The number of rotatable bonds is 6. The van der Waals surface area contributed by atoms with Crippen molar-refractivity contribution in [2.45, 2.75) is 26.2 Å². The molecule has 0 radical (unpaired) electrons. The van der Waals surface area contributed by atoms with Crippen LogP contribution in [0.15, 0.2) is 53.0 Å². The van der Waals surface area contributed by atoms with Gasteiger partial charge in [-0.3, -0.25) is 0 Å². The molecule has 8 heteroatoms. The van der Waals surface area contributed by atoms with Crippen LogP contribution in [-0.4, -0.2) is 35.0 Å². The molecular weight excluding hydrogens is 474 g/mol. The molecule has 4 rings (SSSR count). The van der Waals surface area contributed by atoms with Crippen molar-refractivity contribution in [1.82, 2.24) is 14.7 Å². The second kappa shape index (κ2) is 10.2. The van der Waals surface area contributed by atoms with E-state index in [0.29, 0.717) is 12.5 Å². The zero-order valence-corrected chi connectivity index (χ0v) is 19.9. The Balaban J connectivity index is 1.22. The Morgan fingerprint density at radius 3 is 2.65 bits per heavy atom. The van der Waals surface area contributed by atoms with E-state index in [1.165, 1.54) is 22.7 Å². The van der Waals surface area contributed by atoms with Gasteiger partial charge in [-0.1, -0.05) is 42.0 Å². The molecule has 0 unspecified atom stereocenters. The SMILES string of the molecule is Cc1ccc(Cc2nsc(N3CCC(CNC(=O)Nc4ccccc4Br)CC3)n2)cc1. The van der Waals surface area contributed by atoms with Gasteiger partial charge >= 0.3 is 6.03 Å². The molecule has 3 aromatic rings. The number of urea groups is 1. The van der Waals surface area contributed by atoms with Crippen LogP contribution in [0.25, 0.3) is 0 Å². The number of benzene rings is 2. The van der Waals surface area contributed by atoms with Crippen LogP contribution in [0.5, 0.6) is 0 Å². The molecule has 31 heavy (non-hydrogen) atoms. The normalized spacial score (nSPS) is 14.5. The number of halogens is 1. The van der Waals surface area contributed by atoms with Gasteiger partial charge < -0.3 is 15.5 Å². The molecule has 2 amide bonds. The number of aromatic nitrogens is 2. The Bertz CT molecular complexity index is 1010. The smallest absolute Gasteiger partial charge is 0.319 e. The Hall–Kier alpha value is -2.45. The van der Waals surface area contributed by atoms with E-state index in [-0.39, 0.29) is 6.03 Å². The Kier molecular flexibility index (Phi) is 7.19. The number of aryl methyl sites for hydroxylation is 1. The highest BCUT2D eigenvalue weighted by Gasteiger charge is 2.22. The third-order valence-corrected chi connectivity index (χ3v) is 7.00. The molecule has 0 spiro atoms. The fourth-order valence-corrected chi connectivity index (χ4v) is 4.75. The summed E-state index contributed by atoms with van der Waals surface area (Å²) in [4.78, 5) is 19.3. The summed E-state index contributed by atoms with van der Waals surface area (Å²) in [5.41, 5.74) is 3.27. The van der Waals surface area contributed by atoms with Crippen molar-refractivity contribution in [2.24, 2.45) is 5.92 Å². The third kappa shape index (κ3) is 6.04. The first-order chi connectivity index (χ1) is 15.1. The number of para-hydroxylation sites is 1. The summed E-state index contributed by atoms with van der Waals surface area (Å²) in [7, 11) is 0. The minimum atomic E-state index is -0.167. The number of carbonyl (C=O) groups excluding carboxylic acids is 1. The lowest BCUT2D eigenvalue weighted by molar-refractivity contribution is 0.248. The van der Waals surface area contributed by atoms with Gasteiger partial charge in [-0.25, -0.2) is 9.78 Å². The lowest BCUT2D eigenvalue weighted by Gasteiger charge is -2.31. The van der Waals surface area contributed by atoms with Crippen molar-refractivity contribution < 1.29 is 4.79 Å². The van der Waals surface area contributed by atoms with Gasteiger partial charge in [-0.2, -0.15) is 4.37 Å². The summed E-state index contributed by atoms with van der Waals surface area (Å²) < 4.78 is 5.43. The number of hydrogen-bond donors (Lipinski definition) is 2. The predicted octanol–water partition coefficient (Wildman–Crippen LogP) is 5.24. The maximum atomic E-state index is 12.2. The Morgan fingerprint density at radius 1 is 1.16 bits per heavy atom. The second-order valence-corrected chi connectivity index (χ2v) is 9.49. The summed E-state index contributed by atoms with van der Waals surface area (Å²) in [5.74, 6) is 1.36. The number of carbonyl (C=O) groups is 1. The van der Waals surface area contributed by atoms with E-state index in [0.717, 1.165) is 53.5 Å². The van der Waals surface area contributed by atoms with Crippen molar-refractivity contribution in [1.29, 1.82) is 0 Å². The maximum Gasteiger partial charge on any atom is 0.319 e. The monoisotopic (exact) mass is 499 g/mol. The highest BCUT2D eigenvalue weighted by atomic mass is 79.9. The van der Waals surface area contributed by atoms with Crippen molar-refractivity contribution in [3.63, 3.8) is 0 Å². The number of nitrogens with one attached hydrogen (secondary N) is 2. The van der Waals surface area contributed by atoms with E-state index >= 15 is 0 Å². The molecule has 6 nitrogen and oxygen atoms in total. The van der Waals surface area contributed by atoms with E-state index in [2.05, 4.69) is 67.0 Å². The lowest BCUT2D eigenvalue weighted by Crippen LogP contribution is -2.39. The quantitative estimate of drug-likeness (QED) is 0.486. The van der Waals surface area contributed by atoms with Crippen molar-refractivity contribution in [3.8, 4) is 0 Å². The predicted molar refractivity (Wildman–Crippen MR) is 130 cm³/mol. The van der Waals surface area contributed by atoms with Gasteiger partial charge in [0.05, 0.1) is 5.69 Å². The van der Waals surface area contributed by atoms with Gasteiger partial charge in [0.15, 0.2) is 0 Å². The first kappa shape index (κ1) is 21.8. The molecule has 2 aromatic carbocycles. The van der Waals surface area contributed by atoms with Crippen LogP contribution in [-0.2, 0) is 6.42 Å². The summed E-state index contributed by atoms with van der Waals surface area (Å²) in [5, 5.41) is 6.89. The van der Waals surface area contributed by atoms with E-state index in [4.69, 9.17) is 4.98 Å². The number of anilines is 2. The number of hydrogen-bond acceptors (Lipinski definition) is 5. The maximum absolute atomic E-state index is 12.2. The highest BCUT2D eigenvalue weighted by molar-refractivity contribution is 9.10. The minimum absolute atomic E-state index is 0.167. The van der Waals surface area contributed by atoms with Gasteiger partial charge in [0.1, 0.15) is 5.82 Å². The average molecular weight is 500 g/mol. The largest absolute Gasteiger partial charge is 0.347 e. The van der Waals surface area contributed by atoms with Crippen molar-refractivity contribution in [2.75, 3.05) is 29.9 Å². The lowest BCUT2D eigenvalue weighted by atomic mass is 9.97. The van der Waals surface area contributed by atoms with E-state index in [1.807, 2.05) is 24.3 Å². The van der Waals surface area contributed by atoms with Crippen LogP contribution >= 0.6 is 27.5 Å². The summed E-state index contributed by atoms with van der Waals surface area (Å²) in [6.07, 6.45) is 2.83. The van der Waals surface area contributed by atoms with E-state index in [9.17, 15) is 4.79 Å². The van der Waals surface area contributed by atoms with Gasteiger partial charge in [0.2, 0.25) is 5.13 Å². The van der Waals surface area contributed by atoms with Gasteiger partial charge in [0, 0.05) is 42.1 Å². The zero-order chi connectivity index (χ0) is 21.6. The molecule has 0 saturated carbocycles. The summed E-state index contributed by atoms with van der Waals surface area (Å²) in [6.45, 7) is 4.66. The molecule has 162 valence electrons. The van der Waals surface area contributed by atoms with Gasteiger partial charge in [0.25, 0.3) is 0 Å². The number of nitrogens with zero attached hydrogens (tertiary/aromatic N) is 3. The topological polar surface area (TPSA) is 70.2 Å². The zero-order valence-electron chi connectivity index (χ0n) is 17.5. The van der Waals surface area contributed by atoms with E-state index < -0.39 is 0 Å². The molecule has 1 saturated heterocycles. The summed E-state index contributed by atoms with van der Waals surface area (Å²) >= 11 is 4.93. The summed E-state index contributed by atoms with van der Waals surface area (Å²) in [6, 6.07) is 16.0. The molecule has 2 heterocycles. The van der Waals surface area contributed by atoms with Crippen LogP contribution in [0.1, 0.15) is 29.8 Å². The fraction of sp³-hybridized carbons (Fsp3) is 0.348.